The van der Waals surface area contributed by atoms with E-state index in [0.29, 0.717) is 15.9 Å². The SMILES string of the molecule is Cc1nc2cc(C(F)(F)F)c(C(C)Nc3ccc4nc(C(=O)O)sc4c3)nc2c(=O)[nH]1. The number of alkyl halides is 3. The highest BCUT2D eigenvalue weighted by Gasteiger charge is 2.36. The fourth-order valence-corrected chi connectivity index (χ4v) is 4.03. The number of hydrogen-bond acceptors (Lipinski definition) is 7. The van der Waals surface area contributed by atoms with Gasteiger partial charge in [0.25, 0.3) is 5.56 Å². The summed E-state index contributed by atoms with van der Waals surface area (Å²) in [6, 6.07) is 4.65. The van der Waals surface area contributed by atoms with Gasteiger partial charge in [0.05, 0.1) is 33.0 Å². The van der Waals surface area contributed by atoms with Crippen LogP contribution in [0.25, 0.3) is 21.3 Å². The Balaban J connectivity index is 1.77. The molecule has 12 heteroatoms. The number of rotatable bonds is 4. The van der Waals surface area contributed by atoms with Gasteiger partial charge in [-0.05, 0) is 38.1 Å². The molecule has 0 aliphatic heterocycles. The highest BCUT2D eigenvalue weighted by Crippen LogP contribution is 2.36. The van der Waals surface area contributed by atoms with Gasteiger partial charge in [-0.2, -0.15) is 13.2 Å². The van der Waals surface area contributed by atoms with E-state index >= 15 is 0 Å². The maximum absolute atomic E-state index is 13.7. The Morgan fingerprint density at radius 3 is 2.61 bits per heavy atom. The lowest BCUT2D eigenvalue weighted by Gasteiger charge is -2.20. The van der Waals surface area contributed by atoms with E-state index in [-0.39, 0.29) is 27.6 Å². The predicted octanol–water partition coefficient (Wildman–Crippen LogP) is 4.13. The normalized spacial score (nSPS) is 12.9. The number of nitrogens with zero attached hydrogens (tertiary/aromatic N) is 3. The average molecular weight is 449 g/mol. The number of fused-ring (bicyclic) bond motifs is 2. The molecule has 1 aromatic carbocycles. The van der Waals surface area contributed by atoms with Crippen molar-refractivity contribution in [1.29, 1.82) is 0 Å². The summed E-state index contributed by atoms with van der Waals surface area (Å²) in [5.41, 5.74) is -1.39. The predicted molar refractivity (Wildman–Crippen MR) is 109 cm³/mol. The molecular weight excluding hydrogens is 435 g/mol. The number of pyridine rings is 1. The Kier molecular flexibility index (Phi) is 4.88. The average Bonchev–Trinajstić information content (AvgIpc) is 3.10. The van der Waals surface area contributed by atoms with E-state index in [1.165, 1.54) is 13.8 Å². The largest absolute Gasteiger partial charge is 0.476 e. The summed E-state index contributed by atoms with van der Waals surface area (Å²) < 4.78 is 41.7. The van der Waals surface area contributed by atoms with Crippen molar-refractivity contribution in [3.63, 3.8) is 0 Å². The number of nitrogens with one attached hydrogen (secondary N) is 2. The lowest BCUT2D eigenvalue weighted by molar-refractivity contribution is -0.138. The number of hydrogen-bond donors (Lipinski definition) is 3. The Labute approximate surface area is 175 Å². The first-order valence-electron chi connectivity index (χ1n) is 8.92. The number of aromatic nitrogens is 4. The summed E-state index contributed by atoms with van der Waals surface area (Å²) in [5, 5.41) is 11.9. The number of carboxylic acids is 1. The van der Waals surface area contributed by atoms with Gasteiger partial charge in [0, 0.05) is 5.69 Å². The van der Waals surface area contributed by atoms with Gasteiger partial charge in [0.15, 0.2) is 5.52 Å². The second-order valence-corrected chi connectivity index (χ2v) is 7.84. The van der Waals surface area contributed by atoms with E-state index in [0.717, 1.165) is 17.4 Å². The molecule has 0 saturated carbocycles. The van der Waals surface area contributed by atoms with Crippen LogP contribution in [0.5, 0.6) is 0 Å². The van der Waals surface area contributed by atoms with E-state index in [9.17, 15) is 22.8 Å². The minimum absolute atomic E-state index is 0.0854. The Morgan fingerprint density at radius 1 is 1.19 bits per heavy atom. The molecule has 4 rings (SSSR count). The summed E-state index contributed by atoms with van der Waals surface area (Å²) in [5.74, 6) is -0.974. The summed E-state index contributed by atoms with van der Waals surface area (Å²) in [7, 11) is 0. The number of aromatic carboxylic acids is 1. The maximum Gasteiger partial charge on any atom is 0.418 e. The zero-order chi connectivity index (χ0) is 22.5. The Hall–Kier alpha value is -3.54. The third-order valence-electron chi connectivity index (χ3n) is 4.50. The second-order valence-electron chi connectivity index (χ2n) is 6.81. The molecule has 1 atom stereocenters. The smallest absolute Gasteiger partial charge is 0.418 e. The molecule has 8 nitrogen and oxygen atoms in total. The van der Waals surface area contributed by atoms with Crippen molar-refractivity contribution in [3.8, 4) is 0 Å². The fraction of sp³-hybridized carbons (Fsp3) is 0.211. The highest BCUT2D eigenvalue weighted by atomic mass is 32.1. The molecule has 0 amide bonds. The number of halogens is 3. The molecule has 3 heterocycles. The van der Waals surface area contributed by atoms with Crippen LogP contribution in [0.2, 0.25) is 0 Å². The molecule has 0 aliphatic rings. The summed E-state index contributed by atoms with van der Waals surface area (Å²) >= 11 is 0.955. The van der Waals surface area contributed by atoms with E-state index < -0.39 is 29.3 Å². The molecule has 160 valence electrons. The van der Waals surface area contributed by atoms with Crippen LogP contribution in [-0.2, 0) is 6.18 Å². The molecule has 4 aromatic rings. The topological polar surface area (TPSA) is 121 Å². The quantitative estimate of drug-likeness (QED) is 0.428. The van der Waals surface area contributed by atoms with Crippen LogP contribution in [0, 0.1) is 6.92 Å². The van der Waals surface area contributed by atoms with E-state index in [2.05, 4.69) is 25.3 Å². The van der Waals surface area contributed by atoms with Crippen LogP contribution < -0.4 is 10.9 Å². The number of carboxylic acid groups (broad SMARTS) is 1. The molecule has 3 aromatic heterocycles. The molecular formula is C19H14F3N5O3S. The van der Waals surface area contributed by atoms with Crippen molar-refractivity contribution >= 4 is 44.2 Å². The molecule has 0 spiro atoms. The van der Waals surface area contributed by atoms with Crippen molar-refractivity contribution in [3.05, 3.63) is 56.7 Å². The van der Waals surface area contributed by atoms with Crippen LogP contribution in [-0.4, -0.2) is 31.0 Å². The van der Waals surface area contributed by atoms with Gasteiger partial charge in [-0.25, -0.2) is 19.7 Å². The van der Waals surface area contributed by atoms with Gasteiger partial charge < -0.3 is 15.4 Å². The van der Waals surface area contributed by atoms with Gasteiger partial charge in [0.2, 0.25) is 5.01 Å². The molecule has 0 bridgehead atoms. The fourth-order valence-electron chi connectivity index (χ4n) is 3.18. The van der Waals surface area contributed by atoms with Gasteiger partial charge in [-0.1, -0.05) is 0 Å². The number of anilines is 1. The standard InChI is InChI=1S/C19H14F3N5O3S/c1-7(23-9-3-4-11-13(5-9)31-17(26-11)18(29)30)14-10(19(20,21)22)6-12-15(27-14)16(28)25-8(2)24-12/h3-7,23H,1-2H3,(H,29,30)(H,24,25,28). The molecule has 0 saturated heterocycles. The van der Waals surface area contributed by atoms with E-state index in [1.54, 1.807) is 18.2 Å². The minimum Gasteiger partial charge on any atom is -0.476 e. The van der Waals surface area contributed by atoms with Crippen molar-refractivity contribution in [2.75, 3.05) is 5.32 Å². The third kappa shape index (κ3) is 3.93. The molecule has 0 aliphatic carbocycles. The lowest BCUT2D eigenvalue weighted by Crippen LogP contribution is -2.20. The summed E-state index contributed by atoms with van der Waals surface area (Å²) in [6.45, 7) is 2.95. The van der Waals surface area contributed by atoms with Gasteiger partial charge in [0.1, 0.15) is 5.82 Å². The Bertz CT molecular complexity index is 1400. The van der Waals surface area contributed by atoms with Crippen LogP contribution in [0.15, 0.2) is 29.1 Å². The van der Waals surface area contributed by atoms with Crippen LogP contribution >= 0.6 is 11.3 Å². The van der Waals surface area contributed by atoms with Crippen LogP contribution in [0.4, 0.5) is 18.9 Å². The van der Waals surface area contributed by atoms with Crippen LogP contribution in [0.1, 0.15) is 39.8 Å². The Morgan fingerprint density at radius 2 is 1.94 bits per heavy atom. The van der Waals surface area contributed by atoms with Gasteiger partial charge in [-0.3, -0.25) is 4.79 Å². The number of carbonyl (C=O) groups is 1. The highest BCUT2D eigenvalue weighted by molar-refractivity contribution is 7.20. The number of benzene rings is 1. The first-order valence-corrected chi connectivity index (χ1v) is 9.74. The van der Waals surface area contributed by atoms with E-state index in [1.807, 2.05) is 0 Å². The van der Waals surface area contributed by atoms with Crippen LogP contribution in [0.3, 0.4) is 0 Å². The molecule has 0 fully saturated rings. The van der Waals surface area contributed by atoms with E-state index in [4.69, 9.17) is 5.11 Å². The summed E-state index contributed by atoms with van der Waals surface area (Å²) in [4.78, 5) is 37.6. The second kappa shape index (κ2) is 7.30. The first kappa shape index (κ1) is 20.7. The van der Waals surface area contributed by atoms with Crippen molar-refractivity contribution in [1.82, 2.24) is 19.9 Å². The summed E-state index contributed by atoms with van der Waals surface area (Å²) in [6.07, 6.45) is -4.71. The number of aromatic amines is 1. The number of H-pyrrole nitrogens is 1. The first-order chi connectivity index (χ1) is 14.5. The molecule has 1 unspecified atom stereocenters. The number of thiazole rings is 1. The zero-order valence-electron chi connectivity index (χ0n) is 16.0. The van der Waals surface area contributed by atoms with Gasteiger partial charge in [-0.15, -0.1) is 11.3 Å². The monoisotopic (exact) mass is 449 g/mol. The van der Waals surface area contributed by atoms with Crippen molar-refractivity contribution in [2.24, 2.45) is 0 Å². The molecule has 31 heavy (non-hydrogen) atoms. The molecule has 3 N–H and O–H groups in total. The zero-order valence-corrected chi connectivity index (χ0v) is 16.9. The van der Waals surface area contributed by atoms with Gasteiger partial charge >= 0.3 is 12.1 Å². The maximum atomic E-state index is 13.7. The third-order valence-corrected chi connectivity index (χ3v) is 5.51. The van der Waals surface area contributed by atoms with Crippen molar-refractivity contribution < 1.29 is 23.1 Å². The minimum atomic E-state index is -4.71. The van der Waals surface area contributed by atoms with Crippen molar-refractivity contribution in [2.45, 2.75) is 26.1 Å². The molecule has 0 radical (unpaired) electrons. The number of aryl methyl sites for hydroxylation is 1. The lowest BCUT2D eigenvalue weighted by atomic mass is 10.1.